The quantitative estimate of drug-likeness (QED) is 0.584. The van der Waals surface area contributed by atoms with Gasteiger partial charge in [0.15, 0.2) is 0 Å². The zero-order valence-corrected chi connectivity index (χ0v) is 6.60. The molecule has 1 N–H and O–H groups in total. The molecule has 1 aliphatic rings. The maximum absolute atomic E-state index is 10.5. The highest BCUT2D eigenvalue weighted by Gasteiger charge is 2.16. The van der Waals surface area contributed by atoms with E-state index in [4.69, 9.17) is 0 Å². The van der Waals surface area contributed by atoms with Crippen LogP contribution in [0.2, 0.25) is 0 Å². The molecule has 0 aromatic heterocycles. The molecule has 0 saturated heterocycles. The van der Waals surface area contributed by atoms with Crippen LogP contribution in [0.4, 0.5) is 9.59 Å². The van der Waals surface area contributed by atoms with Crippen LogP contribution in [0.15, 0.2) is 4.99 Å². The molecule has 0 fully saturated rings. The number of amides is 2. The summed E-state index contributed by atoms with van der Waals surface area (Å²) in [5.74, 6) is 0.764. The third kappa shape index (κ3) is 2.23. The number of aliphatic imine (C=N–C) groups is 1. The average molecular weight is 174 g/mol. The lowest BCUT2D eigenvalue weighted by Gasteiger charge is -1.99. The van der Waals surface area contributed by atoms with Gasteiger partial charge < -0.3 is 4.74 Å². The van der Waals surface area contributed by atoms with Crippen molar-refractivity contribution in [3.8, 4) is 0 Å². The number of rotatable bonds is 0. The molecule has 0 aliphatic carbocycles. The van der Waals surface area contributed by atoms with E-state index in [9.17, 15) is 9.59 Å². The highest BCUT2D eigenvalue weighted by atomic mass is 32.2. The minimum Gasteiger partial charge on any atom is -0.453 e. The summed E-state index contributed by atoms with van der Waals surface area (Å²) >= 11 is 1.04. The van der Waals surface area contributed by atoms with Crippen molar-refractivity contribution in [2.45, 2.75) is 0 Å². The lowest BCUT2D eigenvalue weighted by molar-refractivity contribution is 0.177. The number of carbonyl (C=O) groups is 2. The minimum atomic E-state index is -0.598. The van der Waals surface area contributed by atoms with Crippen LogP contribution >= 0.6 is 11.8 Å². The van der Waals surface area contributed by atoms with Gasteiger partial charge in [0, 0.05) is 0 Å². The Kier molecular flexibility index (Phi) is 2.48. The number of hydrogen-bond acceptors (Lipinski definition) is 4. The average Bonchev–Trinajstić information content (AvgIpc) is 2.35. The Morgan fingerprint density at radius 2 is 2.55 bits per heavy atom. The molecule has 11 heavy (non-hydrogen) atoms. The normalized spacial score (nSPS) is 16.1. The maximum Gasteiger partial charge on any atom is 0.412 e. The zero-order valence-electron chi connectivity index (χ0n) is 5.79. The van der Waals surface area contributed by atoms with Crippen molar-refractivity contribution in [1.29, 1.82) is 0 Å². The summed E-state index contributed by atoms with van der Waals surface area (Å²) in [6.07, 6.45) is -0.598. The number of alkyl carbamates (subject to hydrolysis) is 1. The fourth-order valence-corrected chi connectivity index (χ4v) is 1.11. The van der Waals surface area contributed by atoms with Crippen LogP contribution in [-0.2, 0) is 4.74 Å². The number of nitrogens with zero attached hydrogens (tertiary/aromatic N) is 1. The van der Waals surface area contributed by atoms with Gasteiger partial charge in [-0.1, -0.05) is 11.8 Å². The summed E-state index contributed by atoms with van der Waals surface area (Å²) < 4.78 is 4.30. The van der Waals surface area contributed by atoms with E-state index >= 15 is 0 Å². The molecule has 0 aromatic rings. The predicted molar refractivity (Wildman–Crippen MR) is 40.8 cm³/mol. The molecule has 1 aliphatic heterocycles. The summed E-state index contributed by atoms with van der Waals surface area (Å²) in [6, 6.07) is 0. The summed E-state index contributed by atoms with van der Waals surface area (Å²) in [7, 11) is 1.25. The summed E-state index contributed by atoms with van der Waals surface area (Å²) in [5.41, 5.74) is 0. The van der Waals surface area contributed by atoms with Crippen molar-refractivity contribution >= 4 is 28.9 Å². The van der Waals surface area contributed by atoms with Gasteiger partial charge in [0.1, 0.15) is 5.84 Å². The molecular weight excluding hydrogens is 168 g/mol. The summed E-state index contributed by atoms with van der Waals surface area (Å²) in [6.45, 7) is 0. The molecule has 6 heteroatoms. The van der Waals surface area contributed by atoms with Gasteiger partial charge in [-0.15, -0.1) is 0 Å². The monoisotopic (exact) mass is 174 g/mol. The third-order valence-electron chi connectivity index (χ3n) is 0.990. The molecule has 0 unspecified atom stereocenters. The molecule has 5 nitrogen and oxygen atoms in total. The smallest absolute Gasteiger partial charge is 0.412 e. The fourth-order valence-electron chi connectivity index (χ4n) is 0.538. The first-order valence-electron chi connectivity index (χ1n) is 2.81. The number of carbonyl (C=O) groups excluding carboxylic acids is 2. The molecule has 0 aromatic carbocycles. The van der Waals surface area contributed by atoms with Crippen molar-refractivity contribution in [3.63, 3.8) is 0 Å². The lowest BCUT2D eigenvalue weighted by Crippen LogP contribution is -2.30. The van der Waals surface area contributed by atoms with Crippen LogP contribution in [0, 0.1) is 0 Å². The van der Waals surface area contributed by atoms with Crippen LogP contribution in [0.25, 0.3) is 0 Å². The first-order valence-corrected chi connectivity index (χ1v) is 3.80. The van der Waals surface area contributed by atoms with Crippen LogP contribution in [0.3, 0.4) is 0 Å². The van der Waals surface area contributed by atoms with E-state index in [1.54, 1.807) is 0 Å². The molecular formula is C5H6N2O3S. The highest BCUT2D eigenvalue weighted by Crippen LogP contribution is 2.11. The Balaban J connectivity index is 2.44. The molecule has 0 radical (unpaired) electrons. The molecule has 1 rings (SSSR count). The van der Waals surface area contributed by atoms with Crippen LogP contribution in [-0.4, -0.2) is 30.0 Å². The Hall–Kier alpha value is -1.04. The number of ether oxygens (including phenoxy) is 1. The van der Waals surface area contributed by atoms with Gasteiger partial charge in [-0.2, -0.15) is 4.99 Å². The van der Waals surface area contributed by atoms with Gasteiger partial charge in [0.25, 0.3) is 0 Å². The lowest BCUT2D eigenvalue weighted by atomic mass is 10.7. The van der Waals surface area contributed by atoms with E-state index in [-0.39, 0.29) is 5.24 Å². The summed E-state index contributed by atoms with van der Waals surface area (Å²) in [4.78, 5) is 24.6. The topological polar surface area (TPSA) is 67.8 Å². The van der Waals surface area contributed by atoms with Gasteiger partial charge in [0.05, 0.1) is 12.9 Å². The van der Waals surface area contributed by atoms with Gasteiger partial charge in [-0.25, -0.2) is 4.79 Å². The number of hydrogen-bond donors (Lipinski definition) is 1. The van der Waals surface area contributed by atoms with Crippen molar-refractivity contribution < 1.29 is 14.3 Å². The largest absolute Gasteiger partial charge is 0.453 e. The fraction of sp³-hybridized carbons (Fsp3) is 0.400. The Labute approximate surface area is 67.2 Å². The molecule has 60 valence electrons. The van der Waals surface area contributed by atoms with Gasteiger partial charge in [-0.05, 0) is 0 Å². The third-order valence-corrected chi connectivity index (χ3v) is 1.75. The molecule has 0 bridgehead atoms. The number of nitrogens with one attached hydrogen (secondary N) is 1. The van der Waals surface area contributed by atoms with Crippen molar-refractivity contribution in [1.82, 2.24) is 5.32 Å². The first kappa shape index (κ1) is 8.06. The highest BCUT2D eigenvalue weighted by molar-refractivity contribution is 8.14. The van der Waals surface area contributed by atoms with Crippen LogP contribution in [0.5, 0.6) is 0 Å². The van der Waals surface area contributed by atoms with E-state index in [2.05, 4.69) is 15.0 Å². The Morgan fingerprint density at radius 1 is 1.82 bits per heavy atom. The van der Waals surface area contributed by atoms with Gasteiger partial charge in [-0.3, -0.25) is 10.1 Å². The van der Waals surface area contributed by atoms with Crippen LogP contribution in [0.1, 0.15) is 0 Å². The standard InChI is InChI=1S/C5H6N2O3S/c1-10-4(8)6-3-2-11-5(9)7-3/h2H2,1H3,(H,6,7,8,9). The second-order valence-corrected chi connectivity index (χ2v) is 2.66. The second-order valence-electron chi connectivity index (χ2n) is 1.73. The second kappa shape index (κ2) is 3.38. The molecule has 0 atom stereocenters. The van der Waals surface area contributed by atoms with Crippen molar-refractivity contribution in [2.75, 3.05) is 12.9 Å². The van der Waals surface area contributed by atoms with Gasteiger partial charge in [0.2, 0.25) is 0 Å². The van der Waals surface area contributed by atoms with Crippen LogP contribution < -0.4 is 5.32 Å². The summed E-state index contributed by atoms with van der Waals surface area (Å²) in [5, 5.41) is 2.03. The van der Waals surface area contributed by atoms with Crippen molar-refractivity contribution in [2.24, 2.45) is 4.99 Å². The molecule has 0 saturated carbocycles. The Morgan fingerprint density at radius 3 is 3.00 bits per heavy atom. The van der Waals surface area contributed by atoms with E-state index in [0.29, 0.717) is 11.6 Å². The number of thioether (sulfide) groups is 1. The minimum absolute atomic E-state index is 0.281. The predicted octanol–water partition coefficient (Wildman–Crippen LogP) is 0.608. The molecule has 2 amide bonds. The zero-order chi connectivity index (χ0) is 8.27. The van der Waals surface area contributed by atoms with E-state index in [1.807, 2.05) is 0 Å². The van der Waals surface area contributed by atoms with E-state index in [1.165, 1.54) is 7.11 Å². The Bertz CT molecular complexity index is 226. The number of methoxy groups -OCH3 is 1. The molecule has 1 heterocycles. The van der Waals surface area contributed by atoms with E-state index < -0.39 is 6.09 Å². The maximum atomic E-state index is 10.5. The van der Waals surface area contributed by atoms with Gasteiger partial charge >= 0.3 is 11.3 Å². The van der Waals surface area contributed by atoms with Crippen molar-refractivity contribution in [3.05, 3.63) is 0 Å². The molecule has 0 spiro atoms. The first-order chi connectivity index (χ1) is 5.22. The SMILES string of the molecule is COC(=O)NC1=NC(=O)SC1. The van der Waals surface area contributed by atoms with E-state index in [0.717, 1.165) is 11.8 Å². The number of amidine groups is 1.